The van der Waals surface area contributed by atoms with Gasteiger partial charge in [0.25, 0.3) is 5.91 Å². The van der Waals surface area contributed by atoms with Crippen LogP contribution in [0.2, 0.25) is 10.0 Å². The molecule has 9 heteroatoms. The molecule has 0 fully saturated rings. The second kappa shape index (κ2) is 11.0. The minimum Gasteiger partial charge on any atom is -0.480 e. The predicted molar refractivity (Wildman–Crippen MR) is 134 cm³/mol. The Bertz CT molecular complexity index is 1130. The van der Waals surface area contributed by atoms with E-state index in [4.69, 9.17) is 28.2 Å². The maximum absolute atomic E-state index is 12.4. The van der Waals surface area contributed by atoms with Crippen molar-refractivity contribution in [3.05, 3.63) is 69.0 Å². The molecule has 0 radical (unpaired) electrons. The molecule has 1 aromatic heterocycles. The fourth-order valence-electron chi connectivity index (χ4n) is 3.23. The molecule has 1 atom stereocenters. The number of thiazole rings is 1. The highest BCUT2D eigenvalue weighted by Gasteiger charge is 2.24. The molecular weight excluding hydrogens is 481 g/mol. The highest BCUT2D eigenvalue weighted by molar-refractivity contribution is 7.14. The molecule has 0 aliphatic carbocycles. The third-order valence-electron chi connectivity index (χ3n) is 5.17. The SMILES string of the molecule is CCN(Cc1ccc(C(=O)NC(C(=O)O)C(C)C)cc1)c1nc(-c2ccc(Cl)c(Cl)c2)cs1. The van der Waals surface area contributed by atoms with Crippen molar-refractivity contribution in [2.24, 2.45) is 5.92 Å². The highest BCUT2D eigenvalue weighted by atomic mass is 35.5. The summed E-state index contributed by atoms with van der Waals surface area (Å²) >= 11 is 13.7. The molecule has 0 aliphatic rings. The van der Waals surface area contributed by atoms with Crippen molar-refractivity contribution < 1.29 is 14.7 Å². The molecule has 174 valence electrons. The number of carboxylic acids is 1. The third-order valence-corrected chi connectivity index (χ3v) is 6.81. The Hall–Kier alpha value is -2.61. The average molecular weight is 506 g/mol. The lowest BCUT2D eigenvalue weighted by Crippen LogP contribution is -2.44. The topological polar surface area (TPSA) is 82.5 Å². The Morgan fingerprint density at radius 1 is 1.12 bits per heavy atom. The van der Waals surface area contributed by atoms with Crippen LogP contribution in [0, 0.1) is 5.92 Å². The van der Waals surface area contributed by atoms with Crippen LogP contribution in [-0.2, 0) is 11.3 Å². The Morgan fingerprint density at radius 2 is 1.82 bits per heavy atom. The molecule has 2 aromatic carbocycles. The van der Waals surface area contributed by atoms with E-state index in [0.717, 1.165) is 28.5 Å². The van der Waals surface area contributed by atoms with Gasteiger partial charge in [0.15, 0.2) is 5.13 Å². The third kappa shape index (κ3) is 6.25. The molecule has 0 aliphatic heterocycles. The van der Waals surface area contributed by atoms with Gasteiger partial charge in [0.05, 0.1) is 15.7 Å². The van der Waals surface area contributed by atoms with Crippen LogP contribution < -0.4 is 10.2 Å². The fourth-order valence-corrected chi connectivity index (χ4v) is 4.43. The van der Waals surface area contributed by atoms with E-state index in [9.17, 15) is 14.7 Å². The zero-order valence-electron chi connectivity index (χ0n) is 18.5. The van der Waals surface area contributed by atoms with E-state index in [-0.39, 0.29) is 5.92 Å². The molecule has 0 saturated heterocycles. The van der Waals surface area contributed by atoms with E-state index in [1.54, 1.807) is 49.4 Å². The first-order valence-corrected chi connectivity index (χ1v) is 12.1. The summed E-state index contributed by atoms with van der Waals surface area (Å²) in [6, 6.07) is 11.7. The summed E-state index contributed by atoms with van der Waals surface area (Å²) in [5, 5.41) is 15.7. The van der Waals surface area contributed by atoms with Gasteiger partial charge >= 0.3 is 5.97 Å². The van der Waals surface area contributed by atoms with Crippen LogP contribution in [0.4, 0.5) is 5.13 Å². The average Bonchev–Trinajstić information content (AvgIpc) is 3.27. The van der Waals surface area contributed by atoms with Gasteiger partial charge in [-0.15, -0.1) is 11.3 Å². The number of nitrogens with zero attached hydrogens (tertiary/aromatic N) is 2. The largest absolute Gasteiger partial charge is 0.480 e. The van der Waals surface area contributed by atoms with Gasteiger partial charge in [-0.1, -0.05) is 55.2 Å². The van der Waals surface area contributed by atoms with E-state index in [1.165, 1.54) is 0 Å². The Labute approximate surface area is 207 Å². The first-order valence-electron chi connectivity index (χ1n) is 10.5. The van der Waals surface area contributed by atoms with Crippen molar-refractivity contribution in [2.45, 2.75) is 33.4 Å². The van der Waals surface area contributed by atoms with E-state index in [1.807, 2.05) is 23.6 Å². The summed E-state index contributed by atoms with van der Waals surface area (Å²) in [6.07, 6.45) is 0. The summed E-state index contributed by atoms with van der Waals surface area (Å²) in [6.45, 7) is 6.95. The maximum Gasteiger partial charge on any atom is 0.326 e. The van der Waals surface area contributed by atoms with Crippen molar-refractivity contribution in [1.82, 2.24) is 10.3 Å². The first kappa shape index (κ1) is 25.0. The number of amides is 1. The Balaban J connectivity index is 1.69. The van der Waals surface area contributed by atoms with Crippen molar-refractivity contribution in [2.75, 3.05) is 11.4 Å². The quantitative estimate of drug-likeness (QED) is 0.373. The fraction of sp³-hybridized carbons (Fsp3) is 0.292. The molecule has 0 saturated carbocycles. The van der Waals surface area contributed by atoms with Crippen molar-refractivity contribution in [1.29, 1.82) is 0 Å². The lowest BCUT2D eigenvalue weighted by molar-refractivity contribution is -0.140. The van der Waals surface area contributed by atoms with Gasteiger partial charge in [0, 0.05) is 29.6 Å². The summed E-state index contributed by atoms with van der Waals surface area (Å²) in [4.78, 5) is 30.7. The van der Waals surface area contributed by atoms with Crippen LogP contribution in [0.1, 0.15) is 36.7 Å². The van der Waals surface area contributed by atoms with Crippen molar-refractivity contribution in [3.63, 3.8) is 0 Å². The normalized spacial score (nSPS) is 11.9. The van der Waals surface area contributed by atoms with Gasteiger partial charge < -0.3 is 15.3 Å². The number of rotatable bonds is 9. The number of nitrogens with one attached hydrogen (secondary N) is 1. The van der Waals surface area contributed by atoms with Gasteiger partial charge in [-0.25, -0.2) is 9.78 Å². The summed E-state index contributed by atoms with van der Waals surface area (Å²) in [5.41, 5.74) is 3.17. The number of hydrogen-bond acceptors (Lipinski definition) is 5. The molecular formula is C24H25Cl2N3O3S. The molecule has 0 spiro atoms. The molecule has 0 bridgehead atoms. The van der Waals surface area contributed by atoms with Gasteiger partial charge in [-0.05, 0) is 42.7 Å². The minimum atomic E-state index is -1.04. The lowest BCUT2D eigenvalue weighted by atomic mass is 10.0. The zero-order chi connectivity index (χ0) is 24.1. The summed E-state index contributed by atoms with van der Waals surface area (Å²) < 4.78 is 0. The zero-order valence-corrected chi connectivity index (χ0v) is 20.8. The second-order valence-electron chi connectivity index (χ2n) is 7.89. The monoisotopic (exact) mass is 505 g/mol. The van der Waals surface area contributed by atoms with E-state index in [0.29, 0.717) is 22.2 Å². The summed E-state index contributed by atoms with van der Waals surface area (Å²) in [5.74, 6) is -1.66. The summed E-state index contributed by atoms with van der Waals surface area (Å²) in [7, 11) is 0. The molecule has 6 nitrogen and oxygen atoms in total. The van der Waals surface area contributed by atoms with Gasteiger partial charge in [0.1, 0.15) is 6.04 Å². The molecule has 1 heterocycles. The molecule has 1 unspecified atom stereocenters. The predicted octanol–water partition coefficient (Wildman–Crippen LogP) is 5.98. The van der Waals surface area contributed by atoms with Gasteiger partial charge in [-0.3, -0.25) is 4.79 Å². The minimum absolute atomic E-state index is 0.212. The van der Waals surface area contributed by atoms with Crippen LogP contribution in [0.25, 0.3) is 11.3 Å². The van der Waals surface area contributed by atoms with Crippen molar-refractivity contribution >= 4 is 51.5 Å². The highest BCUT2D eigenvalue weighted by Crippen LogP contribution is 2.32. The van der Waals surface area contributed by atoms with Gasteiger partial charge in [-0.2, -0.15) is 0 Å². The number of carbonyl (C=O) groups excluding carboxylic acids is 1. The number of carboxylic acid groups (broad SMARTS) is 1. The van der Waals surface area contributed by atoms with E-state index < -0.39 is 17.9 Å². The standard InChI is InChI=1S/C24H25Cl2N3O3S/c1-4-29(24-27-20(13-33-24)17-9-10-18(25)19(26)11-17)12-15-5-7-16(8-6-15)22(30)28-21(14(2)3)23(31)32/h5-11,13-14,21H,4,12H2,1-3H3,(H,28,30)(H,31,32). The number of aromatic nitrogens is 1. The van der Waals surface area contributed by atoms with Crippen LogP contribution in [-0.4, -0.2) is 34.6 Å². The number of benzene rings is 2. The van der Waals surface area contributed by atoms with Crippen LogP contribution in [0.5, 0.6) is 0 Å². The Morgan fingerprint density at radius 3 is 2.39 bits per heavy atom. The van der Waals surface area contributed by atoms with Crippen LogP contribution >= 0.6 is 34.5 Å². The van der Waals surface area contributed by atoms with Crippen LogP contribution in [0.15, 0.2) is 47.8 Å². The van der Waals surface area contributed by atoms with E-state index >= 15 is 0 Å². The maximum atomic E-state index is 12.4. The first-order chi connectivity index (χ1) is 15.7. The van der Waals surface area contributed by atoms with Crippen molar-refractivity contribution in [3.8, 4) is 11.3 Å². The van der Waals surface area contributed by atoms with Gasteiger partial charge in [0.2, 0.25) is 0 Å². The Kier molecular flexibility index (Phi) is 8.35. The number of aliphatic carboxylic acids is 1. The number of carbonyl (C=O) groups is 2. The molecule has 3 rings (SSSR count). The second-order valence-corrected chi connectivity index (χ2v) is 9.54. The number of halogens is 2. The molecule has 3 aromatic rings. The molecule has 33 heavy (non-hydrogen) atoms. The molecule has 2 N–H and O–H groups in total. The van der Waals surface area contributed by atoms with Crippen LogP contribution in [0.3, 0.4) is 0 Å². The van der Waals surface area contributed by atoms with E-state index in [2.05, 4.69) is 17.1 Å². The smallest absolute Gasteiger partial charge is 0.326 e. The number of anilines is 1. The molecule has 1 amide bonds. The number of hydrogen-bond donors (Lipinski definition) is 2. The lowest BCUT2D eigenvalue weighted by Gasteiger charge is -2.20.